The molecule has 30 heavy (non-hydrogen) atoms. The molecule has 1 aliphatic heterocycles. The lowest BCUT2D eigenvalue weighted by atomic mass is 9.85. The summed E-state index contributed by atoms with van der Waals surface area (Å²) in [4.78, 5) is 0. The predicted octanol–water partition coefficient (Wildman–Crippen LogP) is 6.31. The molecule has 1 N–H and O–H groups in total. The van der Waals surface area contributed by atoms with Crippen molar-refractivity contribution in [3.63, 3.8) is 0 Å². The van der Waals surface area contributed by atoms with Crippen molar-refractivity contribution in [2.75, 3.05) is 13.1 Å². The van der Waals surface area contributed by atoms with Crippen molar-refractivity contribution in [2.45, 2.75) is 12.3 Å². The van der Waals surface area contributed by atoms with E-state index in [-0.39, 0.29) is 5.56 Å². The SMILES string of the molecule is Fc1cccc(F)c1-c1ccc2c(c1)-c1ccc3ccccc3c1C[C@@H]1CNC[C@@H]21. The molecule has 148 valence electrons. The van der Waals surface area contributed by atoms with Crippen LogP contribution in [0.15, 0.2) is 72.8 Å². The Labute approximate surface area is 174 Å². The lowest BCUT2D eigenvalue weighted by Crippen LogP contribution is -2.12. The van der Waals surface area contributed by atoms with Crippen LogP contribution in [0.4, 0.5) is 8.78 Å². The third-order valence-corrected chi connectivity index (χ3v) is 6.84. The second-order valence-electron chi connectivity index (χ2n) is 8.44. The van der Waals surface area contributed by atoms with Crippen LogP contribution >= 0.6 is 0 Å². The van der Waals surface area contributed by atoms with Crippen LogP contribution in [0.2, 0.25) is 0 Å². The van der Waals surface area contributed by atoms with Gasteiger partial charge in [0, 0.05) is 12.5 Å². The van der Waals surface area contributed by atoms with Gasteiger partial charge in [0.2, 0.25) is 0 Å². The molecule has 0 radical (unpaired) electrons. The van der Waals surface area contributed by atoms with E-state index in [4.69, 9.17) is 0 Å². The summed E-state index contributed by atoms with van der Waals surface area (Å²) in [5.41, 5.74) is 5.56. The molecule has 0 aromatic heterocycles. The highest BCUT2D eigenvalue weighted by molar-refractivity contribution is 5.93. The predicted molar refractivity (Wildman–Crippen MR) is 118 cm³/mol. The number of fused-ring (bicyclic) bond motifs is 7. The van der Waals surface area contributed by atoms with Gasteiger partial charge in [-0.2, -0.15) is 0 Å². The van der Waals surface area contributed by atoms with Crippen molar-refractivity contribution in [1.29, 1.82) is 0 Å². The lowest BCUT2D eigenvalue weighted by molar-refractivity contribution is 0.524. The maximum Gasteiger partial charge on any atom is 0.133 e. The zero-order valence-corrected chi connectivity index (χ0v) is 16.5. The van der Waals surface area contributed by atoms with Crippen LogP contribution in [-0.2, 0) is 6.42 Å². The number of hydrogen-bond donors (Lipinski definition) is 1. The Morgan fingerprint density at radius 3 is 2.47 bits per heavy atom. The van der Waals surface area contributed by atoms with Crippen molar-refractivity contribution in [1.82, 2.24) is 5.32 Å². The first-order chi connectivity index (χ1) is 14.7. The first-order valence-electron chi connectivity index (χ1n) is 10.5. The zero-order valence-electron chi connectivity index (χ0n) is 16.5. The molecule has 1 heterocycles. The van der Waals surface area contributed by atoms with Gasteiger partial charge in [-0.3, -0.25) is 0 Å². The third kappa shape index (κ3) is 2.62. The van der Waals surface area contributed by atoms with E-state index in [2.05, 4.69) is 47.8 Å². The third-order valence-electron chi connectivity index (χ3n) is 6.84. The Kier molecular flexibility index (Phi) is 4.00. The van der Waals surface area contributed by atoms with Crippen LogP contribution in [0, 0.1) is 17.6 Å². The summed E-state index contributed by atoms with van der Waals surface area (Å²) in [6.45, 7) is 1.94. The van der Waals surface area contributed by atoms with Crippen molar-refractivity contribution in [2.24, 2.45) is 5.92 Å². The summed E-state index contributed by atoms with van der Waals surface area (Å²) in [6, 6.07) is 22.9. The largest absolute Gasteiger partial charge is 0.316 e. The Bertz CT molecular complexity index is 1270. The lowest BCUT2D eigenvalue weighted by Gasteiger charge is -2.18. The minimum Gasteiger partial charge on any atom is -0.316 e. The van der Waals surface area contributed by atoms with Gasteiger partial charge >= 0.3 is 0 Å². The zero-order chi connectivity index (χ0) is 20.2. The molecular formula is C27H21F2N. The topological polar surface area (TPSA) is 12.0 Å². The molecule has 0 saturated carbocycles. The van der Waals surface area contributed by atoms with E-state index in [1.165, 1.54) is 45.7 Å². The fraction of sp³-hybridized carbons (Fsp3) is 0.185. The molecular weight excluding hydrogens is 376 g/mol. The molecule has 3 heteroatoms. The molecule has 1 aliphatic carbocycles. The Balaban J connectivity index is 1.65. The molecule has 0 spiro atoms. The molecule has 2 atom stereocenters. The monoisotopic (exact) mass is 397 g/mol. The molecule has 1 fully saturated rings. The fourth-order valence-electron chi connectivity index (χ4n) is 5.42. The number of nitrogens with one attached hydrogen (secondary N) is 1. The highest BCUT2D eigenvalue weighted by Crippen LogP contribution is 2.46. The average molecular weight is 397 g/mol. The van der Waals surface area contributed by atoms with Gasteiger partial charge in [0.15, 0.2) is 0 Å². The smallest absolute Gasteiger partial charge is 0.133 e. The number of halogens is 2. The minimum atomic E-state index is -0.525. The van der Waals surface area contributed by atoms with E-state index in [0.717, 1.165) is 25.1 Å². The highest BCUT2D eigenvalue weighted by Gasteiger charge is 2.34. The molecule has 1 nitrogen and oxygen atoms in total. The first-order valence-corrected chi connectivity index (χ1v) is 10.5. The van der Waals surface area contributed by atoms with Crippen molar-refractivity contribution < 1.29 is 8.78 Å². The molecule has 2 aliphatic rings. The standard InChI is InChI=1S/C27H21F2N/c28-25-6-3-7-26(29)27(25)17-9-11-21-23(12-17)20-10-8-16-4-1-2-5-19(16)22(20)13-18-14-30-15-24(18)21/h1-12,18,24,30H,13-15H2/t18-,24-/m1/s1. The van der Waals surface area contributed by atoms with Crippen molar-refractivity contribution in [3.05, 3.63) is 95.6 Å². The van der Waals surface area contributed by atoms with Crippen molar-refractivity contribution in [3.8, 4) is 22.3 Å². The van der Waals surface area contributed by atoms with E-state index in [1.54, 1.807) is 0 Å². The minimum absolute atomic E-state index is 0.0491. The molecule has 4 aromatic rings. The van der Waals surface area contributed by atoms with Crippen LogP contribution < -0.4 is 5.32 Å². The van der Waals surface area contributed by atoms with E-state index in [9.17, 15) is 8.78 Å². The molecule has 0 bridgehead atoms. The summed E-state index contributed by atoms with van der Waals surface area (Å²) in [5.74, 6) is -0.122. The quantitative estimate of drug-likeness (QED) is 0.397. The van der Waals surface area contributed by atoms with Crippen LogP contribution in [-0.4, -0.2) is 13.1 Å². The van der Waals surface area contributed by atoms with E-state index in [0.29, 0.717) is 17.4 Å². The van der Waals surface area contributed by atoms with Gasteiger partial charge in [-0.05, 0) is 75.7 Å². The van der Waals surface area contributed by atoms with Gasteiger partial charge in [-0.25, -0.2) is 8.78 Å². The Morgan fingerprint density at radius 1 is 0.767 bits per heavy atom. The molecule has 6 rings (SSSR count). The van der Waals surface area contributed by atoms with Gasteiger partial charge < -0.3 is 5.32 Å². The summed E-state index contributed by atoms with van der Waals surface area (Å²) in [5, 5.41) is 6.07. The second kappa shape index (κ2) is 6.75. The summed E-state index contributed by atoms with van der Waals surface area (Å²) in [7, 11) is 0. The van der Waals surface area contributed by atoms with E-state index >= 15 is 0 Å². The van der Waals surface area contributed by atoms with Crippen LogP contribution in [0.3, 0.4) is 0 Å². The molecule has 1 saturated heterocycles. The first kappa shape index (κ1) is 17.8. The van der Waals surface area contributed by atoms with Gasteiger partial charge in [-0.1, -0.05) is 54.6 Å². The fourth-order valence-corrected chi connectivity index (χ4v) is 5.42. The van der Waals surface area contributed by atoms with Gasteiger partial charge in [0.1, 0.15) is 11.6 Å². The van der Waals surface area contributed by atoms with Gasteiger partial charge in [-0.15, -0.1) is 0 Å². The van der Waals surface area contributed by atoms with Gasteiger partial charge in [0.25, 0.3) is 0 Å². The maximum absolute atomic E-state index is 14.5. The summed E-state index contributed by atoms with van der Waals surface area (Å²) < 4.78 is 29.0. The van der Waals surface area contributed by atoms with E-state index in [1.807, 2.05) is 12.1 Å². The normalized spacial score (nSPS) is 19.8. The Morgan fingerprint density at radius 2 is 1.60 bits per heavy atom. The van der Waals surface area contributed by atoms with Gasteiger partial charge in [0.05, 0.1) is 5.56 Å². The Hall–Kier alpha value is -3.04. The van der Waals surface area contributed by atoms with Crippen LogP contribution in [0.1, 0.15) is 17.0 Å². The maximum atomic E-state index is 14.5. The average Bonchev–Trinajstić information content (AvgIpc) is 3.17. The molecule has 0 amide bonds. The highest BCUT2D eigenvalue weighted by atomic mass is 19.1. The number of benzene rings is 4. The number of rotatable bonds is 1. The van der Waals surface area contributed by atoms with E-state index < -0.39 is 11.6 Å². The van der Waals surface area contributed by atoms with Crippen molar-refractivity contribution >= 4 is 10.8 Å². The molecule has 0 unspecified atom stereocenters. The molecule has 4 aromatic carbocycles. The summed E-state index contributed by atoms with van der Waals surface area (Å²) >= 11 is 0. The summed E-state index contributed by atoms with van der Waals surface area (Å²) in [6.07, 6.45) is 1.01. The van der Waals surface area contributed by atoms with Crippen LogP contribution in [0.5, 0.6) is 0 Å². The van der Waals surface area contributed by atoms with Crippen LogP contribution in [0.25, 0.3) is 33.0 Å². The number of hydrogen-bond acceptors (Lipinski definition) is 1. The second-order valence-corrected chi connectivity index (χ2v) is 8.44.